The summed E-state index contributed by atoms with van der Waals surface area (Å²) in [4.78, 5) is 23.8. The van der Waals surface area contributed by atoms with Crippen LogP contribution in [0.5, 0.6) is 11.5 Å². The molecule has 1 saturated carbocycles. The molecule has 1 aromatic carbocycles. The van der Waals surface area contributed by atoms with E-state index in [0.29, 0.717) is 24.3 Å². The van der Waals surface area contributed by atoms with Crippen molar-refractivity contribution in [2.24, 2.45) is 0 Å². The van der Waals surface area contributed by atoms with E-state index in [1.807, 2.05) is 0 Å². The number of benzene rings is 1. The fourth-order valence-electron chi connectivity index (χ4n) is 3.03. The molecule has 0 heterocycles. The lowest BCUT2D eigenvalue weighted by molar-refractivity contribution is -0.144. The Balaban J connectivity index is 1.86. The van der Waals surface area contributed by atoms with Crippen LogP contribution in [0.15, 0.2) is 24.3 Å². The molecule has 27 heavy (non-hydrogen) atoms. The van der Waals surface area contributed by atoms with Crippen LogP contribution in [0.1, 0.15) is 37.7 Å². The van der Waals surface area contributed by atoms with Gasteiger partial charge in [-0.15, -0.1) is 0 Å². The fourth-order valence-corrected chi connectivity index (χ4v) is 3.03. The van der Waals surface area contributed by atoms with Gasteiger partial charge in [0, 0.05) is 6.08 Å². The first-order valence-electron chi connectivity index (χ1n) is 8.81. The van der Waals surface area contributed by atoms with E-state index in [4.69, 9.17) is 14.2 Å². The monoisotopic (exact) mass is 372 g/mol. The third kappa shape index (κ3) is 5.74. The highest BCUT2D eigenvalue weighted by molar-refractivity contribution is 5.89. The highest BCUT2D eigenvalue weighted by Gasteiger charge is 2.33. The summed E-state index contributed by atoms with van der Waals surface area (Å²) in [7, 11) is 3.07. The maximum Gasteiger partial charge on any atom is 0.331 e. The van der Waals surface area contributed by atoms with Crippen molar-refractivity contribution in [3.63, 3.8) is 0 Å². The van der Waals surface area contributed by atoms with Gasteiger partial charge in [-0.3, -0.25) is 4.79 Å². The Morgan fingerprint density at radius 2 is 1.89 bits per heavy atom. The molecule has 0 atom stereocenters. The number of nitrogens with one attached hydrogen (secondary N) is 1. The molecule has 0 saturated heterocycles. The van der Waals surface area contributed by atoms with Crippen LogP contribution >= 0.6 is 0 Å². The zero-order valence-electron chi connectivity index (χ0n) is 15.6. The summed E-state index contributed by atoms with van der Waals surface area (Å²) in [5.74, 6) is 0.0191. The number of amides is 1. The quantitative estimate of drug-likeness (QED) is 0.584. The van der Waals surface area contributed by atoms with Gasteiger partial charge in [-0.2, -0.15) is 5.26 Å². The molecular weight excluding hydrogens is 348 g/mol. The number of carbonyl (C=O) groups is 2. The fraction of sp³-hybridized carbons (Fsp3) is 0.450. The lowest BCUT2D eigenvalue weighted by Gasteiger charge is -2.31. The molecule has 7 nitrogen and oxygen atoms in total. The van der Waals surface area contributed by atoms with E-state index in [2.05, 4.69) is 11.4 Å². The second kappa shape index (κ2) is 9.62. The van der Waals surface area contributed by atoms with Gasteiger partial charge in [-0.1, -0.05) is 25.3 Å². The van der Waals surface area contributed by atoms with Crippen LogP contribution in [0.3, 0.4) is 0 Å². The van der Waals surface area contributed by atoms with Crippen molar-refractivity contribution in [1.29, 1.82) is 5.26 Å². The van der Waals surface area contributed by atoms with Gasteiger partial charge in [-0.05, 0) is 36.6 Å². The van der Waals surface area contributed by atoms with Crippen molar-refractivity contribution in [3.8, 4) is 17.6 Å². The summed E-state index contributed by atoms with van der Waals surface area (Å²) in [6.45, 7) is -0.418. The summed E-state index contributed by atoms with van der Waals surface area (Å²) < 4.78 is 15.3. The summed E-state index contributed by atoms with van der Waals surface area (Å²) in [6.07, 6.45) is 6.92. The smallest absolute Gasteiger partial charge is 0.331 e. The highest BCUT2D eigenvalue weighted by atomic mass is 16.5. The Kier molecular flexibility index (Phi) is 7.24. The first-order chi connectivity index (χ1) is 13.0. The number of carbonyl (C=O) groups excluding carboxylic acids is 2. The number of nitriles is 1. The number of methoxy groups -OCH3 is 2. The topological polar surface area (TPSA) is 97.6 Å². The third-order valence-electron chi connectivity index (χ3n) is 4.46. The molecule has 1 aliphatic carbocycles. The molecule has 0 aromatic heterocycles. The van der Waals surface area contributed by atoms with Gasteiger partial charge < -0.3 is 19.5 Å². The van der Waals surface area contributed by atoms with Gasteiger partial charge in [0.15, 0.2) is 18.1 Å². The van der Waals surface area contributed by atoms with Crippen LogP contribution in [0.25, 0.3) is 6.08 Å². The average Bonchev–Trinajstić information content (AvgIpc) is 2.71. The molecule has 0 spiro atoms. The normalized spacial score (nSPS) is 15.6. The van der Waals surface area contributed by atoms with Crippen molar-refractivity contribution in [3.05, 3.63) is 29.8 Å². The molecule has 1 amide bonds. The summed E-state index contributed by atoms with van der Waals surface area (Å²) in [6, 6.07) is 7.40. The minimum Gasteiger partial charge on any atom is -0.493 e. The Hall–Kier alpha value is -3.01. The molecule has 1 fully saturated rings. The summed E-state index contributed by atoms with van der Waals surface area (Å²) in [5.41, 5.74) is -0.114. The number of hydrogen-bond acceptors (Lipinski definition) is 6. The second-order valence-corrected chi connectivity index (χ2v) is 6.36. The Bertz CT molecular complexity index is 745. The molecule has 1 N–H and O–H groups in total. The zero-order valence-corrected chi connectivity index (χ0v) is 15.6. The maximum atomic E-state index is 12.0. The van der Waals surface area contributed by atoms with Crippen molar-refractivity contribution < 1.29 is 23.8 Å². The molecule has 0 radical (unpaired) electrons. The van der Waals surface area contributed by atoms with Crippen molar-refractivity contribution in [2.45, 2.75) is 37.6 Å². The summed E-state index contributed by atoms with van der Waals surface area (Å²) >= 11 is 0. The van der Waals surface area contributed by atoms with E-state index in [0.717, 1.165) is 24.8 Å². The third-order valence-corrected chi connectivity index (χ3v) is 4.46. The Morgan fingerprint density at radius 3 is 2.52 bits per heavy atom. The number of rotatable bonds is 7. The second-order valence-electron chi connectivity index (χ2n) is 6.36. The van der Waals surface area contributed by atoms with E-state index in [-0.39, 0.29) is 0 Å². The first-order valence-corrected chi connectivity index (χ1v) is 8.81. The maximum absolute atomic E-state index is 12.0. The molecule has 0 unspecified atom stereocenters. The van der Waals surface area contributed by atoms with Crippen LogP contribution in [0.4, 0.5) is 0 Å². The van der Waals surface area contributed by atoms with E-state index in [1.54, 1.807) is 31.4 Å². The molecule has 1 aliphatic rings. The van der Waals surface area contributed by atoms with Crippen LogP contribution in [0.2, 0.25) is 0 Å². The van der Waals surface area contributed by atoms with Gasteiger partial charge in [0.25, 0.3) is 5.91 Å². The minimum atomic E-state index is -0.836. The van der Waals surface area contributed by atoms with Crippen LogP contribution in [-0.4, -0.2) is 38.2 Å². The van der Waals surface area contributed by atoms with Crippen molar-refractivity contribution in [1.82, 2.24) is 5.32 Å². The van der Waals surface area contributed by atoms with Gasteiger partial charge in [-0.25, -0.2) is 4.79 Å². The molecule has 7 heteroatoms. The number of esters is 1. The zero-order chi connectivity index (χ0) is 19.7. The molecule has 144 valence electrons. The van der Waals surface area contributed by atoms with E-state index >= 15 is 0 Å². The Labute approximate surface area is 158 Å². The number of ether oxygens (including phenoxy) is 3. The molecule has 1 aromatic rings. The van der Waals surface area contributed by atoms with Crippen LogP contribution < -0.4 is 14.8 Å². The lowest BCUT2D eigenvalue weighted by Crippen LogP contribution is -2.49. The summed E-state index contributed by atoms with van der Waals surface area (Å²) in [5, 5.41) is 12.1. The van der Waals surface area contributed by atoms with Gasteiger partial charge in [0.1, 0.15) is 5.54 Å². The van der Waals surface area contributed by atoms with Gasteiger partial charge in [0.2, 0.25) is 0 Å². The number of hydrogen-bond donors (Lipinski definition) is 1. The van der Waals surface area contributed by atoms with E-state index in [1.165, 1.54) is 13.2 Å². The van der Waals surface area contributed by atoms with Crippen molar-refractivity contribution in [2.75, 3.05) is 20.8 Å². The van der Waals surface area contributed by atoms with Gasteiger partial charge >= 0.3 is 5.97 Å². The SMILES string of the molecule is COc1ccc(/C=C/C(=O)OCC(=O)NC2(C#N)CCCCC2)cc1OC. The lowest BCUT2D eigenvalue weighted by atomic mass is 9.83. The Morgan fingerprint density at radius 1 is 1.19 bits per heavy atom. The predicted molar refractivity (Wildman–Crippen MR) is 99.1 cm³/mol. The van der Waals surface area contributed by atoms with Crippen LogP contribution in [-0.2, 0) is 14.3 Å². The molecule has 0 bridgehead atoms. The van der Waals surface area contributed by atoms with Crippen LogP contribution in [0, 0.1) is 11.3 Å². The van der Waals surface area contributed by atoms with Crippen molar-refractivity contribution >= 4 is 18.0 Å². The standard InChI is InChI=1S/C20H24N2O5/c1-25-16-8-6-15(12-17(16)26-2)7-9-19(24)27-13-18(23)22-20(14-21)10-4-3-5-11-20/h6-9,12H,3-5,10-11,13H2,1-2H3,(H,22,23)/b9-7+. The molecule has 2 rings (SSSR count). The molecule has 0 aliphatic heterocycles. The predicted octanol–water partition coefficient (Wildman–Crippen LogP) is 2.60. The van der Waals surface area contributed by atoms with E-state index in [9.17, 15) is 14.9 Å². The van der Waals surface area contributed by atoms with E-state index < -0.39 is 24.0 Å². The molecular formula is C20H24N2O5. The first kappa shape index (κ1) is 20.3. The largest absolute Gasteiger partial charge is 0.493 e. The van der Waals surface area contributed by atoms with Gasteiger partial charge in [0.05, 0.1) is 20.3 Å². The number of nitrogens with zero attached hydrogens (tertiary/aromatic N) is 1. The highest BCUT2D eigenvalue weighted by Crippen LogP contribution is 2.28. The average molecular weight is 372 g/mol. The minimum absolute atomic E-state index is 0.418.